The molecule has 3 amide bonds. The molecule has 0 saturated carbocycles. The summed E-state index contributed by atoms with van der Waals surface area (Å²) in [7, 11) is 1.65. The number of para-hydroxylation sites is 1. The van der Waals surface area contributed by atoms with Gasteiger partial charge in [-0.15, -0.1) is 11.3 Å². The standard InChI is InChI=1S/C24H21ClFN3O3S/c1-27(24(32)21-7-4-14-33-21)20-6-3-2-5-18(20)23(31)29-12-10-28(11-13-29)22(30)17-9-8-16(26)15-19(17)25/h2-9,14-15H,10-13H2,1H3. The first-order valence-corrected chi connectivity index (χ1v) is 11.6. The van der Waals surface area contributed by atoms with Crippen LogP contribution in [0.15, 0.2) is 60.0 Å². The molecular weight excluding hydrogens is 465 g/mol. The fourth-order valence-electron chi connectivity index (χ4n) is 3.74. The summed E-state index contributed by atoms with van der Waals surface area (Å²) in [4.78, 5) is 44.2. The number of hydrogen-bond donors (Lipinski definition) is 0. The molecule has 6 nitrogen and oxygen atoms in total. The summed E-state index contributed by atoms with van der Waals surface area (Å²) in [5, 5.41) is 1.89. The second kappa shape index (κ2) is 9.72. The van der Waals surface area contributed by atoms with Gasteiger partial charge in [-0.25, -0.2) is 4.39 Å². The van der Waals surface area contributed by atoms with Gasteiger partial charge in [0.2, 0.25) is 0 Å². The van der Waals surface area contributed by atoms with Crippen LogP contribution in [0, 0.1) is 5.82 Å². The lowest BCUT2D eigenvalue weighted by atomic mass is 10.1. The first kappa shape index (κ1) is 22.9. The van der Waals surface area contributed by atoms with Crippen LogP contribution in [0.2, 0.25) is 5.02 Å². The van der Waals surface area contributed by atoms with Gasteiger partial charge in [-0.1, -0.05) is 29.8 Å². The van der Waals surface area contributed by atoms with Gasteiger partial charge in [-0.3, -0.25) is 14.4 Å². The zero-order chi connectivity index (χ0) is 23.5. The van der Waals surface area contributed by atoms with E-state index in [2.05, 4.69) is 0 Å². The largest absolute Gasteiger partial charge is 0.335 e. The topological polar surface area (TPSA) is 60.9 Å². The van der Waals surface area contributed by atoms with E-state index in [9.17, 15) is 18.8 Å². The van der Waals surface area contributed by atoms with Crippen molar-refractivity contribution in [3.63, 3.8) is 0 Å². The van der Waals surface area contributed by atoms with Gasteiger partial charge in [0.25, 0.3) is 17.7 Å². The van der Waals surface area contributed by atoms with Crippen LogP contribution in [0.5, 0.6) is 0 Å². The number of amides is 3. The lowest BCUT2D eigenvalue weighted by Crippen LogP contribution is -2.50. The van der Waals surface area contributed by atoms with Gasteiger partial charge in [-0.2, -0.15) is 0 Å². The van der Waals surface area contributed by atoms with E-state index in [1.807, 2.05) is 11.4 Å². The Morgan fingerprint density at radius 2 is 1.55 bits per heavy atom. The number of nitrogens with zero attached hydrogens (tertiary/aromatic N) is 3. The number of carbonyl (C=O) groups excluding carboxylic acids is 3. The van der Waals surface area contributed by atoms with Crippen molar-refractivity contribution < 1.29 is 18.8 Å². The van der Waals surface area contributed by atoms with Crippen molar-refractivity contribution in [2.45, 2.75) is 0 Å². The third kappa shape index (κ3) is 4.77. The van der Waals surface area contributed by atoms with Crippen LogP contribution in [-0.2, 0) is 0 Å². The van der Waals surface area contributed by atoms with E-state index in [4.69, 9.17) is 11.6 Å². The van der Waals surface area contributed by atoms with Crippen molar-refractivity contribution in [1.82, 2.24) is 9.80 Å². The molecule has 0 unspecified atom stereocenters. The van der Waals surface area contributed by atoms with E-state index in [-0.39, 0.29) is 28.3 Å². The first-order chi connectivity index (χ1) is 15.9. The molecule has 0 N–H and O–H groups in total. The smallest absolute Gasteiger partial charge is 0.268 e. The van der Waals surface area contributed by atoms with E-state index in [1.54, 1.807) is 47.2 Å². The Kier molecular flexibility index (Phi) is 6.76. The fraction of sp³-hybridized carbons (Fsp3) is 0.208. The summed E-state index contributed by atoms with van der Waals surface area (Å²) in [6.07, 6.45) is 0. The summed E-state index contributed by atoms with van der Waals surface area (Å²) in [5.41, 5.74) is 1.18. The molecule has 4 rings (SSSR count). The Labute approximate surface area is 199 Å². The van der Waals surface area contributed by atoms with Gasteiger partial charge in [-0.05, 0) is 41.8 Å². The van der Waals surface area contributed by atoms with E-state index in [1.165, 1.54) is 28.4 Å². The van der Waals surface area contributed by atoms with Gasteiger partial charge < -0.3 is 14.7 Å². The fourth-order valence-corrected chi connectivity index (χ4v) is 4.68. The van der Waals surface area contributed by atoms with Crippen molar-refractivity contribution >= 4 is 46.3 Å². The molecule has 0 radical (unpaired) electrons. The second-order valence-corrected chi connectivity index (χ2v) is 8.92. The summed E-state index contributed by atoms with van der Waals surface area (Å²) in [5.74, 6) is -1.19. The van der Waals surface area contributed by atoms with Crippen molar-refractivity contribution in [2.75, 3.05) is 38.1 Å². The summed E-state index contributed by atoms with van der Waals surface area (Å²) in [6, 6.07) is 14.2. The number of benzene rings is 2. The monoisotopic (exact) mass is 485 g/mol. The first-order valence-electron chi connectivity index (χ1n) is 10.3. The number of thiophene rings is 1. The highest BCUT2D eigenvalue weighted by Crippen LogP contribution is 2.25. The van der Waals surface area contributed by atoms with Crippen molar-refractivity contribution in [1.29, 1.82) is 0 Å². The third-order valence-electron chi connectivity index (χ3n) is 5.55. The maximum absolute atomic E-state index is 13.3. The van der Waals surface area contributed by atoms with Crippen LogP contribution >= 0.6 is 22.9 Å². The zero-order valence-electron chi connectivity index (χ0n) is 17.8. The molecule has 2 aromatic carbocycles. The Morgan fingerprint density at radius 3 is 2.15 bits per heavy atom. The number of anilines is 1. The molecule has 9 heteroatoms. The Bertz CT molecular complexity index is 1190. The second-order valence-electron chi connectivity index (χ2n) is 7.57. The molecule has 0 bridgehead atoms. The quantitative estimate of drug-likeness (QED) is 0.549. The third-order valence-corrected chi connectivity index (χ3v) is 6.72. The van der Waals surface area contributed by atoms with Crippen molar-refractivity contribution in [2.24, 2.45) is 0 Å². The molecule has 0 aliphatic carbocycles. The molecule has 170 valence electrons. The minimum Gasteiger partial charge on any atom is -0.335 e. The maximum atomic E-state index is 13.3. The van der Waals surface area contributed by atoms with E-state index >= 15 is 0 Å². The molecule has 1 aliphatic heterocycles. The molecule has 3 aromatic rings. The lowest BCUT2D eigenvalue weighted by molar-refractivity contribution is 0.0536. The molecule has 1 aromatic heterocycles. The minimum atomic E-state index is -0.506. The highest BCUT2D eigenvalue weighted by atomic mass is 35.5. The molecule has 1 fully saturated rings. The molecule has 0 atom stereocenters. The molecule has 33 heavy (non-hydrogen) atoms. The van der Waals surface area contributed by atoms with Crippen LogP contribution in [0.1, 0.15) is 30.4 Å². The SMILES string of the molecule is CN(C(=O)c1cccs1)c1ccccc1C(=O)N1CCN(C(=O)c2ccc(F)cc2Cl)CC1. The van der Waals surface area contributed by atoms with E-state index in [0.29, 0.717) is 42.3 Å². The van der Waals surface area contributed by atoms with Crippen LogP contribution < -0.4 is 4.90 Å². The lowest BCUT2D eigenvalue weighted by Gasteiger charge is -2.35. The Balaban J connectivity index is 1.46. The number of carbonyl (C=O) groups is 3. The summed E-state index contributed by atoms with van der Waals surface area (Å²) >= 11 is 7.37. The number of hydrogen-bond acceptors (Lipinski definition) is 4. The Hall–Kier alpha value is -3.23. The van der Waals surface area contributed by atoms with Gasteiger partial charge in [0.05, 0.1) is 26.7 Å². The normalized spacial score (nSPS) is 13.7. The number of rotatable bonds is 4. The van der Waals surface area contributed by atoms with Crippen LogP contribution in [0.4, 0.5) is 10.1 Å². The minimum absolute atomic E-state index is 0.0610. The van der Waals surface area contributed by atoms with Gasteiger partial charge in [0.15, 0.2) is 0 Å². The predicted octanol–water partition coefficient (Wildman–Crippen LogP) is 4.42. The summed E-state index contributed by atoms with van der Waals surface area (Å²) in [6.45, 7) is 1.31. The van der Waals surface area contributed by atoms with E-state index in [0.717, 1.165) is 6.07 Å². The van der Waals surface area contributed by atoms with Crippen LogP contribution in [-0.4, -0.2) is 60.7 Å². The van der Waals surface area contributed by atoms with Gasteiger partial charge >= 0.3 is 0 Å². The predicted molar refractivity (Wildman–Crippen MR) is 127 cm³/mol. The molecule has 1 aliphatic rings. The molecular formula is C24H21ClFN3O3S. The highest BCUT2D eigenvalue weighted by Gasteiger charge is 2.29. The molecule has 0 spiro atoms. The van der Waals surface area contributed by atoms with Crippen molar-refractivity contribution in [3.8, 4) is 0 Å². The Morgan fingerprint density at radius 1 is 0.909 bits per heavy atom. The van der Waals surface area contributed by atoms with E-state index < -0.39 is 5.82 Å². The maximum Gasteiger partial charge on any atom is 0.268 e. The summed E-state index contributed by atoms with van der Waals surface area (Å²) < 4.78 is 13.3. The van der Waals surface area contributed by atoms with Crippen LogP contribution in [0.25, 0.3) is 0 Å². The average molecular weight is 486 g/mol. The average Bonchev–Trinajstić information content (AvgIpc) is 3.37. The zero-order valence-corrected chi connectivity index (χ0v) is 19.4. The van der Waals surface area contributed by atoms with Gasteiger partial charge in [0.1, 0.15) is 5.82 Å². The number of halogens is 2. The van der Waals surface area contributed by atoms with Crippen molar-refractivity contribution in [3.05, 3.63) is 86.8 Å². The molecule has 2 heterocycles. The number of piperazine rings is 1. The van der Waals surface area contributed by atoms with Gasteiger partial charge in [0, 0.05) is 33.2 Å². The van der Waals surface area contributed by atoms with Crippen LogP contribution in [0.3, 0.4) is 0 Å². The molecule has 1 saturated heterocycles. The highest BCUT2D eigenvalue weighted by molar-refractivity contribution is 7.12.